The summed E-state index contributed by atoms with van der Waals surface area (Å²) in [5.74, 6) is 1.22. The first-order valence-corrected chi connectivity index (χ1v) is 20.4. The molecule has 0 saturated carbocycles. The Bertz CT molecular complexity index is 3390. The van der Waals surface area contributed by atoms with Crippen molar-refractivity contribution in [3.63, 3.8) is 0 Å². The van der Waals surface area contributed by atoms with E-state index in [4.69, 9.17) is 17.6 Å². The van der Waals surface area contributed by atoms with E-state index in [0.717, 1.165) is 44.3 Å². The zero-order valence-corrected chi connectivity index (χ0v) is 37.0. The van der Waals surface area contributed by atoms with Crippen LogP contribution in [0.2, 0.25) is 0 Å². The standard InChI is InChI=1S/C31H22NO.C25H24FN2.Ir/c1-20-17-23(22-9-4-3-5-10-22)15-16-24(20)28-18-29(32-19-21(28)2)27-13-8-12-26-25-11-6-7-14-30(25)33-31(26)27;1-16(2)20-8-7-9-21(17(3)4)24(20)28-23-11-6-5-10-22(23)27-25(28)18-12-14-19(26)15-13-18;/h3-12,14-19H,1-2H3;5-12,14-17H,1-4H3;/q2*-1;/i1D3,2D3;;. The Kier molecular flexibility index (Phi) is 10.1. The van der Waals surface area contributed by atoms with Crippen molar-refractivity contribution in [3.8, 4) is 50.6 Å². The van der Waals surface area contributed by atoms with Crippen LogP contribution in [0.15, 0.2) is 162 Å². The van der Waals surface area contributed by atoms with E-state index in [1.807, 2.05) is 84.9 Å². The molecule has 4 nitrogen and oxygen atoms in total. The number of aryl methyl sites for hydroxylation is 2. The molecule has 0 saturated heterocycles. The van der Waals surface area contributed by atoms with Crippen LogP contribution in [-0.2, 0) is 20.1 Å². The fourth-order valence-electron chi connectivity index (χ4n) is 8.03. The Morgan fingerprint density at radius 3 is 2.16 bits per heavy atom. The Balaban J connectivity index is 0.000000191. The number of halogens is 1. The SMILES string of the molecule is CC(C)c1cccc(C(C)C)c1-n1c(-c2[c-]cc(F)cc2)nc2ccccc21.[2H]C([2H])([2H])c1cnc(-c2[c-]ccc3c2oc2ccccc23)cc1-c1ccc(-c2ccccc2)cc1C([2H])([2H])[2H].[Ir]. The van der Waals surface area contributed by atoms with Crippen LogP contribution in [0, 0.1) is 31.7 Å². The third kappa shape index (κ3) is 8.04. The minimum atomic E-state index is -2.51. The Morgan fingerprint density at radius 1 is 0.677 bits per heavy atom. The normalized spacial score (nSPS) is 13.1. The van der Waals surface area contributed by atoms with Gasteiger partial charge < -0.3 is 14.0 Å². The number of fused-ring (bicyclic) bond motifs is 4. The van der Waals surface area contributed by atoms with Crippen molar-refractivity contribution < 1.29 is 37.1 Å². The van der Waals surface area contributed by atoms with Crippen molar-refractivity contribution in [2.45, 2.75) is 53.2 Å². The molecule has 0 N–H and O–H groups in total. The van der Waals surface area contributed by atoms with Crippen LogP contribution in [0.3, 0.4) is 0 Å². The van der Waals surface area contributed by atoms with Crippen LogP contribution in [0.25, 0.3) is 83.6 Å². The van der Waals surface area contributed by atoms with E-state index in [1.54, 1.807) is 30.3 Å². The third-order valence-electron chi connectivity index (χ3n) is 11.1. The average molecular weight is 994 g/mol. The van der Waals surface area contributed by atoms with Gasteiger partial charge in [-0.25, -0.2) is 0 Å². The summed E-state index contributed by atoms with van der Waals surface area (Å²) in [6.07, 6.45) is 1.31. The molecule has 1 radical (unpaired) electrons. The predicted octanol–water partition coefficient (Wildman–Crippen LogP) is 15.3. The van der Waals surface area contributed by atoms with Gasteiger partial charge in [-0.1, -0.05) is 142 Å². The van der Waals surface area contributed by atoms with Crippen LogP contribution in [0.5, 0.6) is 0 Å². The summed E-state index contributed by atoms with van der Waals surface area (Å²) < 4.78 is 71.3. The summed E-state index contributed by atoms with van der Waals surface area (Å²) in [6, 6.07) is 53.1. The summed E-state index contributed by atoms with van der Waals surface area (Å²) in [5, 5.41) is 1.83. The fraction of sp³-hybridized carbons (Fsp3) is 0.143. The maximum atomic E-state index is 13.5. The first-order valence-electron chi connectivity index (χ1n) is 23.4. The average Bonchev–Trinajstić information content (AvgIpc) is 3.90. The largest absolute Gasteiger partial charge is 0.501 e. The topological polar surface area (TPSA) is 43.9 Å². The molecule has 6 heteroatoms. The summed E-state index contributed by atoms with van der Waals surface area (Å²) >= 11 is 0. The van der Waals surface area contributed by atoms with Gasteiger partial charge in [0.2, 0.25) is 0 Å². The molecule has 0 atom stereocenters. The minimum Gasteiger partial charge on any atom is -0.501 e. The van der Waals surface area contributed by atoms with Crippen molar-refractivity contribution in [2.24, 2.45) is 0 Å². The van der Waals surface area contributed by atoms with Crippen molar-refractivity contribution in [3.05, 3.63) is 198 Å². The molecule has 0 bridgehead atoms. The zero-order valence-electron chi connectivity index (χ0n) is 40.6. The summed E-state index contributed by atoms with van der Waals surface area (Å²) in [5.41, 5.74) is 11.0. The second-order valence-electron chi connectivity index (χ2n) is 15.7. The predicted molar refractivity (Wildman–Crippen MR) is 250 cm³/mol. The molecule has 309 valence electrons. The molecule has 0 unspecified atom stereocenters. The van der Waals surface area contributed by atoms with Crippen molar-refractivity contribution in [1.29, 1.82) is 0 Å². The number of para-hydroxylation sites is 4. The Labute approximate surface area is 384 Å². The molecule has 7 aromatic carbocycles. The summed E-state index contributed by atoms with van der Waals surface area (Å²) in [7, 11) is 0. The van der Waals surface area contributed by atoms with E-state index in [1.165, 1.54) is 35.1 Å². The number of aromatic nitrogens is 3. The van der Waals surface area contributed by atoms with Crippen molar-refractivity contribution in [1.82, 2.24) is 14.5 Å². The van der Waals surface area contributed by atoms with Gasteiger partial charge in [0.1, 0.15) is 5.58 Å². The van der Waals surface area contributed by atoms with E-state index in [-0.39, 0.29) is 42.6 Å². The monoisotopic (exact) mass is 994 g/mol. The van der Waals surface area contributed by atoms with Gasteiger partial charge in [0.25, 0.3) is 0 Å². The van der Waals surface area contributed by atoms with E-state index in [0.29, 0.717) is 39.8 Å². The molecule has 0 aliphatic carbocycles. The van der Waals surface area contributed by atoms with Gasteiger partial charge in [-0.05, 0) is 93.9 Å². The zero-order chi connectivity index (χ0) is 47.2. The molecule has 0 aliphatic heterocycles. The van der Waals surface area contributed by atoms with Crippen LogP contribution in [0.4, 0.5) is 4.39 Å². The van der Waals surface area contributed by atoms with Gasteiger partial charge in [0, 0.05) is 51.4 Å². The molecule has 3 aromatic heterocycles. The first-order chi connectivity index (χ1) is 32.1. The molecule has 0 amide bonds. The maximum Gasteiger partial charge on any atom is 0.120 e. The second-order valence-corrected chi connectivity index (χ2v) is 15.7. The molecule has 62 heavy (non-hydrogen) atoms. The number of furan rings is 1. The number of pyridine rings is 1. The molecule has 0 fully saturated rings. The molecule has 10 rings (SSSR count). The van der Waals surface area contributed by atoms with Crippen molar-refractivity contribution >= 4 is 33.0 Å². The smallest absolute Gasteiger partial charge is 0.120 e. The van der Waals surface area contributed by atoms with Crippen LogP contribution in [0.1, 0.15) is 70.0 Å². The van der Waals surface area contributed by atoms with Gasteiger partial charge >= 0.3 is 0 Å². The molecule has 0 aliphatic rings. The van der Waals surface area contributed by atoms with Gasteiger partial charge in [-0.15, -0.1) is 48.0 Å². The number of hydrogen-bond donors (Lipinski definition) is 0. The number of imidazole rings is 1. The summed E-state index contributed by atoms with van der Waals surface area (Å²) in [4.78, 5) is 9.39. The molecular formula is C56H46FIrN3O-2. The van der Waals surface area contributed by atoms with E-state index < -0.39 is 13.7 Å². The number of rotatable bonds is 7. The fourth-order valence-corrected chi connectivity index (χ4v) is 8.03. The van der Waals surface area contributed by atoms with Gasteiger partial charge in [-0.2, -0.15) is 0 Å². The summed E-state index contributed by atoms with van der Waals surface area (Å²) in [6.45, 7) is 3.86. The number of nitrogens with zero attached hydrogens (tertiary/aromatic N) is 3. The molecule has 3 heterocycles. The molecular weight excluding hydrogens is 942 g/mol. The van der Waals surface area contributed by atoms with E-state index in [9.17, 15) is 4.39 Å². The quantitative estimate of drug-likeness (QED) is 0.149. The third-order valence-corrected chi connectivity index (χ3v) is 11.1. The first kappa shape index (κ1) is 35.2. The van der Waals surface area contributed by atoms with Gasteiger partial charge in [0.15, 0.2) is 0 Å². The Hall–Kier alpha value is -6.46. The van der Waals surface area contributed by atoms with Crippen molar-refractivity contribution in [2.75, 3.05) is 0 Å². The minimum absolute atomic E-state index is 0. The van der Waals surface area contributed by atoms with E-state index in [2.05, 4.69) is 73.6 Å². The number of hydrogen-bond acceptors (Lipinski definition) is 3. The van der Waals surface area contributed by atoms with Crippen LogP contribution < -0.4 is 0 Å². The molecule has 10 aromatic rings. The maximum absolute atomic E-state index is 13.5. The van der Waals surface area contributed by atoms with E-state index >= 15 is 0 Å². The Morgan fingerprint density at radius 2 is 1.42 bits per heavy atom. The molecule has 0 spiro atoms. The van der Waals surface area contributed by atoms with Crippen LogP contribution in [-0.4, -0.2) is 14.5 Å². The van der Waals surface area contributed by atoms with Crippen LogP contribution >= 0.6 is 0 Å². The van der Waals surface area contributed by atoms with Gasteiger partial charge in [0.05, 0.1) is 22.4 Å². The second kappa shape index (κ2) is 17.9. The van der Waals surface area contributed by atoms with Gasteiger partial charge in [-0.3, -0.25) is 9.37 Å². The number of benzene rings is 7.